The van der Waals surface area contributed by atoms with E-state index in [4.69, 9.17) is 5.11 Å². The number of fused-ring (bicyclic) bond motifs is 1. The van der Waals surface area contributed by atoms with Gasteiger partial charge in [0.15, 0.2) is 0 Å². The van der Waals surface area contributed by atoms with Crippen molar-refractivity contribution in [3.8, 4) is 0 Å². The van der Waals surface area contributed by atoms with E-state index >= 15 is 0 Å². The summed E-state index contributed by atoms with van der Waals surface area (Å²) in [6, 6.07) is 9.03. The first-order valence-electron chi connectivity index (χ1n) is 7.93. The Kier molecular flexibility index (Phi) is 3.99. The van der Waals surface area contributed by atoms with Crippen molar-refractivity contribution in [3.63, 3.8) is 0 Å². The maximum atomic E-state index is 14.3. The van der Waals surface area contributed by atoms with Crippen molar-refractivity contribution >= 4 is 22.8 Å². The quantitative estimate of drug-likeness (QED) is 0.939. The first-order valence-corrected chi connectivity index (χ1v) is 7.93. The molecule has 0 radical (unpaired) electrons. The Labute approximate surface area is 139 Å². The third kappa shape index (κ3) is 2.72. The molecule has 1 unspecified atom stereocenters. The van der Waals surface area contributed by atoms with Crippen molar-refractivity contribution in [1.29, 1.82) is 0 Å². The lowest BCUT2D eigenvalue weighted by molar-refractivity contribution is -0.149. The van der Waals surface area contributed by atoms with Crippen LogP contribution in [0.15, 0.2) is 30.3 Å². The molecule has 3 rings (SSSR count). The second kappa shape index (κ2) is 5.85. The SMILES string of the molecule is CC(C)c1cc(C(=O)N2CCC(F)(C(=O)O)C2)c2ccccc2n1. The highest BCUT2D eigenvalue weighted by molar-refractivity contribution is 6.06. The summed E-state index contributed by atoms with van der Waals surface area (Å²) in [4.78, 5) is 29.8. The molecule has 1 aliphatic rings. The van der Waals surface area contributed by atoms with E-state index in [-0.39, 0.29) is 24.8 Å². The van der Waals surface area contributed by atoms with Crippen molar-refractivity contribution in [1.82, 2.24) is 9.88 Å². The molecule has 1 N–H and O–H groups in total. The van der Waals surface area contributed by atoms with Crippen LogP contribution in [0.3, 0.4) is 0 Å². The van der Waals surface area contributed by atoms with Gasteiger partial charge >= 0.3 is 5.97 Å². The number of hydrogen-bond acceptors (Lipinski definition) is 3. The molecule has 1 saturated heterocycles. The Morgan fingerprint density at radius 1 is 1.33 bits per heavy atom. The van der Waals surface area contributed by atoms with Gasteiger partial charge in [0.1, 0.15) is 0 Å². The molecule has 0 aliphatic carbocycles. The first kappa shape index (κ1) is 16.4. The Balaban J connectivity index is 2.03. The van der Waals surface area contributed by atoms with Crippen LogP contribution in [-0.4, -0.2) is 45.6 Å². The number of amides is 1. The van der Waals surface area contributed by atoms with Crippen LogP contribution in [0.4, 0.5) is 4.39 Å². The molecule has 24 heavy (non-hydrogen) atoms. The minimum atomic E-state index is -2.36. The monoisotopic (exact) mass is 330 g/mol. The van der Waals surface area contributed by atoms with Gasteiger partial charge in [0.2, 0.25) is 5.67 Å². The summed E-state index contributed by atoms with van der Waals surface area (Å²) in [7, 11) is 0. The van der Waals surface area contributed by atoms with Gasteiger partial charge in [-0.15, -0.1) is 0 Å². The minimum absolute atomic E-state index is 0.0926. The zero-order chi connectivity index (χ0) is 17.5. The van der Waals surface area contributed by atoms with E-state index in [1.807, 2.05) is 32.0 Å². The average molecular weight is 330 g/mol. The van der Waals surface area contributed by atoms with Crippen LogP contribution < -0.4 is 0 Å². The second-order valence-electron chi connectivity index (χ2n) is 6.51. The summed E-state index contributed by atoms with van der Waals surface area (Å²) in [5.74, 6) is -1.73. The third-order valence-corrected chi connectivity index (χ3v) is 4.45. The molecule has 2 aromatic rings. The van der Waals surface area contributed by atoms with Crippen molar-refractivity contribution in [2.24, 2.45) is 0 Å². The number of aromatic nitrogens is 1. The molecule has 1 aliphatic heterocycles. The molecule has 1 aromatic heterocycles. The molecular weight excluding hydrogens is 311 g/mol. The van der Waals surface area contributed by atoms with E-state index in [0.717, 1.165) is 5.69 Å². The van der Waals surface area contributed by atoms with E-state index in [1.165, 1.54) is 4.90 Å². The highest BCUT2D eigenvalue weighted by Gasteiger charge is 2.47. The lowest BCUT2D eigenvalue weighted by Gasteiger charge is -2.19. The number of benzene rings is 1. The fourth-order valence-corrected chi connectivity index (χ4v) is 2.96. The summed E-state index contributed by atoms with van der Waals surface area (Å²) < 4.78 is 14.3. The number of carboxylic acids is 1. The zero-order valence-electron chi connectivity index (χ0n) is 13.6. The lowest BCUT2D eigenvalue weighted by Crippen LogP contribution is -2.39. The van der Waals surface area contributed by atoms with Gasteiger partial charge in [-0.05, 0) is 18.1 Å². The number of nitrogens with zero attached hydrogens (tertiary/aromatic N) is 2. The molecule has 2 heterocycles. The zero-order valence-corrected chi connectivity index (χ0v) is 13.6. The van der Waals surface area contributed by atoms with Crippen LogP contribution in [0.5, 0.6) is 0 Å². The van der Waals surface area contributed by atoms with Gasteiger partial charge in [0.05, 0.1) is 17.6 Å². The van der Waals surface area contributed by atoms with E-state index in [1.54, 1.807) is 12.1 Å². The number of carboxylic acid groups (broad SMARTS) is 1. The summed E-state index contributed by atoms with van der Waals surface area (Å²) >= 11 is 0. The number of pyridine rings is 1. The Morgan fingerprint density at radius 2 is 2.04 bits per heavy atom. The number of para-hydroxylation sites is 1. The highest BCUT2D eigenvalue weighted by atomic mass is 19.1. The van der Waals surface area contributed by atoms with Crippen LogP contribution in [0.25, 0.3) is 10.9 Å². The van der Waals surface area contributed by atoms with Gasteiger partial charge < -0.3 is 10.0 Å². The molecule has 126 valence electrons. The molecule has 0 saturated carbocycles. The van der Waals surface area contributed by atoms with Gasteiger partial charge in [0, 0.05) is 24.0 Å². The van der Waals surface area contributed by atoms with Gasteiger partial charge in [0.25, 0.3) is 5.91 Å². The van der Waals surface area contributed by atoms with Crippen molar-refractivity contribution in [2.75, 3.05) is 13.1 Å². The van der Waals surface area contributed by atoms with E-state index in [0.29, 0.717) is 16.5 Å². The van der Waals surface area contributed by atoms with Gasteiger partial charge in [-0.1, -0.05) is 32.0 Å². The average Bonchev–Trinajstić information content (AvgIpc) is 2.97. The predicted octanol–water partition coefficient (Wildman–Crippen LogP) is 3.00. The lowest BCUT2D eigenvalue weighted by atomic mass is 10.0. The number of aliphatic carboxylic acids is 1. The minimum Gasteiger partial charge on any atom is -0.479 e. The Morgan fingerprint density at radius 3 is 2.67 bits per heavy atom. The molecule has 1 amide bonds. The maximum absolute atomic E-state index is 14.3. The number of likely N-dealkylation sites (tertiary alicyclic amines) is 1. The topological polar surface area (TPSA) is 70.5 Å². The number of halogens is 1. The summed E-state index contributed by atoms with van der Waals surface area (Å²) in [5.41, 5.74) is -0.435. The van der Waals surface area contributed by atoms with Gasteiger partial charge in [-0.25, -0.2) is 9.18 Å². The number of carbonyl (C=O) groups excluding carboxylic acids is 1. The van der Waals surface area contributed by atoms with Gasteiger partial charge in [-0.3, -0.25) is 9.78 Å². The van der Waals surface area contributed by atoms with E-state index < -0.39 is 18.2 Å². The number of alkyl halides is 1. The molecule has 0 spiro atoms. The Bertz CT molecular complexity index is 821. The normalized spacial score (nSPS) is 20.8. The molecule has 1 fully saturated rings. The summed E-state index contributed by atoms with van der Waals surface area (Å²) in [6.45, 7) is 3.64. The number of hydrogen-bond donors (Lipinski definition) is 1. The standard InChI is InChI=1S/C18H19FN2O3/c1-11(2)15-9-13(12-5-3-4-6-14(12)20-15)16(22)21-8-7-18(19,10-21)17(23)24/h3-6,9,11H,7-8,10H2,1-2H3,(H,23,24). The fraction of sp³-hybridized carbons (Fsp3) is 0.389. The molecule has 1 aromatic carbocycles. The van der Waals surface area contributed by atoms with Crippen molar-refractivity contribution < 1.29 is 19.1 Å². The fourth-order valence-electron chi connectivity index (χ4n) is 2.96. The molecule has 5 nitrogen and oxygen atoms in total. The van der Waals surface area contributed by atoms with Crippen LogP contribution >= 0.6 is 0 Å². The van der Waals surface area contributed by atoms with E-state index in [9.17, 15) is 14.0 Å². The molecule has 6 heteroatoms. The first-order chi connectivity index (χ1) is 11.3. The predicted molar refractivity (Wildman–Crippen MR) is 87.8 cm³/mol. The van der Waals surface area contributed by atoms with Crippen LogP contribution in [0, 0.1) is 0 Å². The number of rotatable bonds is 3. The highest BCUT2D eigenvalue weighted by Crippen LogP contribution is 2.29. The largest absolute Gasteiger partial charge is 0.479 e. The van der Waals surface area contributed by atoms with E-state index in [2.05, 4.69) is 4.98 Å². The summed E-state index contributed by atoms with van der Waals surface area (Å²) in [6.07, 6.45) is -0.186. The van der Waals surface area contributed by atoms with Crippen LogP contribution in [0.2, 0.25) is 0 Å². The van der Waals surface area contributed by atoms with Crippen molar-refractivity contribution in [2.45, 2.75) is 31.9 Å². The van der Waals surface area contributed by atoms with Gasteiger partial charge in [-0.2, -0.15) is 0 Å². The summed E-state index contributed by atoms with van der Waals surface area (Å²) in [5, 5.41) is 9.70. The number of carbonyl (C=O) groups is 2. The molecular formula is C18H19FN2O3. The second-order valence-corrected chi connectivity index (χ2v) is 6.51. The molecule has 0 bridgehead atoms. The van der Waals surface area contributed by atoms with Crippen molar-refractivity contribution in [3.05, 3.63) is 41.6 Å². The Hall–Kier alpha value is -2.50. The smallest absolute Gasteiger partial charge is 0.343 e. The third-order valence-electron chi connectivity index (χ3n) is 4.45. The van der Waals surface area contributed by atoms with Crippen LogP contribution in [-0.2, 0) is 4.79 Å². The maximum Gasteiger partial charge on any atom is 0.343 e. The molecule has 1 atom stereocenters. The van der Waals surface area contributed by atoms with Crippen LogP contribution in [0.1, 0.15) is 42.2 Å².